The van der Waals surface area contributed by atoms with Gasteiger partial charge in [-0.2, -0.15) is 0 Å². The summed E-state index contributed by atoms with van der Waals surface area (Å²) in [6.07, 6.45) is 0. The molecular weight excluding hydrogens is 729 g/mol. The van der Waals surface area contributed by atoms with Gasteiger partial charge >= 0.3 is 0 Å². The summed E-state index contributed by atoms with van der Waals surface area (Å²) in [4.78, 5) is 10.4. The monoisotopic (exact) mass is 762 g/mol. The zero-order valence-electron chi connectivity index (χ0n) is 32.4. The molecule has 0 atom stereocenters. The Morgan fingerprint density at radius 3 is 1.78 bits per heavy atom. The smallest absolute Gasteiger partial charge is 0.160 e. The molecule has 0 aliphatic heterocycles. The van der Waals surface area contributed by atoms with Crippen molar-refractivity contribution in [3.05, 3.63) is 206 Å². The molecular formula is C56H34N4. The van der Waals surface area contributed by atoms with Crippen molar-refractivity contribution in [1.82, 2.24) is 19.1 Å². The molecule has 0 N–H and O–H groups in total. The second-order valence-corrected chi connectivity index (χ2v) is 15.7. The highest BCUT2D eigenvalue weighted by Gasteiger charge is 2.21. The average molecular weight is 763 g/mol. The van der Waals surface area contributed by atoms with Gasteiger partial charge in [-0.1, -0.05) is 140 Å². The lowest BCUT2D eigenvalue weighted by molar-refractivity contribution is 1.17. The number of hydrogen-bond donors (Lipinski definition) is 0. The molecule has 13 aromatic rings. The van der Waals surface area contributed by atoms with Gasteiger partial charge in [0.25, 0.3) is 0 Å². The van der Waals surface area contributed by atoms with Gasteiger partial charge in [-0.15, -0.1) is 0 Å². The van der Waals surface area contributed by atoms with Crippen LogP contribution in [0.4, 0.5) is 0 Å². The van der Waals surface area contributed by atoms with Crippen LogP contribution in [0, 0.1) is 0 Å². The van der Waals surface area contributed by atoms with E-state index in [1.165, 1.54) is 64.9 Å². The Morgan fingerprint density at radius 1 is 0.333 bits per heavy atom. The molecule has 0 fully saturated rings. The quantitative estimate of drug-likeness (QED) is 0.179. The fraction of sp³-hybridized carbons (Fsp3) is 0. The van der Waals surface area contributed by atoms with Crippen LogP contribution in [0.5, 0.6) is 0 Å². The van der Waals surface area contributed by atoms with E-state index in [-0.39, 0.29) is 0 Å². The Morgan fingerprint density at radius 2 is 0.950 bits per heavy atom. The second-order valence-electron chi connectivity index (χ2n) is 15.7. The van der Waals surface area contributed by atoms with Gasteiger partial charge in [0.05, 0.1) is 39.0 Å². The molecule has 13 rings (SSSR count). The fourth-order valence-electron chi connectivity index (χ4n) is 9.80. The highest BCUT2D eigenvalue weighted by Crippen LogP contribution is 2.43. The van der Waals surface area contributed by atoms with Gasteiger partial charge in [0.15, 0.2) is 5.82 Å². The van der Waals surface area contributed by atoms with Crippen molar-refractivity contribution in [3.63, 3.8) is 0 Å². The standard InChI is InChI=1S/C56H34N4/c1-2-16-39-34-52-46(33-38(39)15-1)54-49(25-12-26-50(54)60-48-24-10-8-21-45(48)53-42-19-6-4-14-36(42)29-32-51(53)60)59(52)40-30-27-37(28-31-40)56-57-47-23-9-7-20-44(47)55(58-56)43-22-11-17-35-13-3-5-18-41(35)43/h1-34H. The lowest BCUT2D eigenvalue weighted by Gasteiger charge is -2.13. The normalized spacial score (nSPS) is 12.0. The summed E-state index contributed by atoms with van der Waals surface area (Å²) in [5.41, 5.74) is 10.9. The van der Waals surface area contributed by atoms with Crippen LogP contribution in [0.1, 0.15) is 0 Å². The van der Waals surface area contributed by atoms with Crippen LogP contribution in [0.3, 0.4) is 0 Å². The van der Waals surface area contributed by atoms with Crippen molar-refractivity contribution in [3.8, 4) is 34.0 Å². The maximum Gasteiger partial charge on any atom is 0.160 e. The molecule has 4 heteroatoms. The summed E-state index contributed by atoms with van der Waals surface area (Å²) < 4.78 is 4.91. The zero-order chi connectivity index (χ0) is 39.3. The Labute approximate surface area is 344 Å². The molecule has 0 spiro atoms. The molecule has 60 heavy (non-hydrogen) atoms. The summed E-state index contributed by atoms with van der Waals surface area (Å²) in [7, 11) is 0. The van der Waals surface area contributed by atoms with E-state index in [9.17, 15) is 0 Å². The minimum atomic E-state index is 0.706. The molecule has 0 amide bonds. The second kappa shape index (κ2) is 12.7. The van der Waals surface area contributed by atoms with Crippen LogP contribution in [0.25, 0.3) is 121 Å². The van der Waals surface area contributed by atoms with E-state index >= 15 is 0 Å². The number of aromatic nitrogens is 4. The van der Waals surface area contributed by atoms with Crippen LogP contribution in [0.15, 0.2) is 206 Å². The molecule has 3 aromatic heterocycles. The summed E-state index contributed by atoms with van der Waals surface area (Å²) in [5, 5.41) is 13.3. The lowest BCUT2D eigenvalue weighted by atomic mass is 9.99. The largest absolute Gasteiger partial charge is 0.309 e. The zero-order valence-corrected chi connectivity index (χ0v) is 32.4. The molecule has 0 saturated heterocycles. The number of hydrogen-bond acceptors (Lipinski definition) is 2. The summed E-state index contributed by atoms with van der Waals surface area (Å²) in [6.45, 7) is 0. The number of nitrogens with zero attached hydrogens (tertiary/aromatic N) is 4. The van der Waals surface area contributed by atoms with Crippen molar-refractivity contribution in [2.75, 3.05) is 0 Å². The van der Waals surface area contributed by atoms with Crippen LogP contribution >= 0.6 is 0 Å². The maximum absolute atomic E-state index is 5.31. The van der Waals surface area contributed by atoms with Crippen molar-refractivity contribution in [2.45, 2.75) is 0 Å². The van der Waals surface area contributed by atoms with E-state index in [1.54, 1.807) is 0 Å². The lowest BCUT2D eigenvalue weighted by Crippen LogP contribution is -1.98. The first-order valence-electron chi connectivity index (χ1n) is 20.5. The third-order valence-electron chi connectivity index (χ3n) is 12.5. The summed E-state index contributed by atoms with van der Waals surface area (Å²) in [5.74, 6) is 0.706. The van der Waals surface area contributed by atoms with Gasteiger partial charge in [0, 0.05) is 43.7 Å². The van der Waals surface area contributed by atoms with Gasteiger partial charge in [0.1, 0.15) is 0 Å². The molecule has 0 aliphatic carbocycles. The molecule has 0 saturated carbocycles. The Kier molecular flexibility index (Phi) is 6.98. The first-order valence-corrected chi connectivity index (χ1v) is 20.5. The predicted octanol–water partition coefficient (Wildman–Crippen LogP) is 14.6. The number of para-hydroxylation sites is 2. The van der Waals surface area contributed by atoms with E-state index in [4.69, 9.17) is 9.97 Å². The topological polar surface area (TPSA) is 35.6 Å². The maximum atomic E-state index is 5.31. The van der Waals surface area contributed by atoms with Gasteiger partial charge in [-0.05, 0) is 99.0 Å². The highest BCUT2D eigenvalue weighted by atomic mass is 15.0. The van der Waals surface area contributed by atoms with E-state index in [1.807, 2.05) is 0 Å². The Hall–Kier alpha value is -8.08. The van der Waals surface area contributed by atoms with Crippen LogP contribution in [0.2, 0.25) is 0 Å². The molecule has 4 nitrogen and oxygen atoms in total. The minimum Gasteiger partial charge on any atom is -0.309 e. The molecule has 10 aromatic carbocycles. The van der Waals surface area contributed by atoms with Crippen LogP contribution < -0.4 is 0 Å². The first kappa shape index (κ1) is 32.9. The summed E-state index contributed by atoms with van der Waals surface area (Å²) in [6, 6.07) is 74.4. The Bertz CT molecular complexity index is 3880. The summed E-state index contributed by atoms with van der Waals surface area (Å²) >= 11 is 0. The number of fused-ring (bicyclic) bond motifs is 11. The fourth-order valence-corrected chi connectivity index (χ4v) is 9.80. The highest BCUT2D eigenvalue weighted by molar-refractivity contribution is 6.23. The van der Waals surface area contributed by atoms with E-state index in [2.05, 4.69) is 215 Å². The molecule has 0 bridgehead atoms. The first-order chi connectivity index (χ1) is 29.8. The molecule has 0 unspecified atom stereocenters. The third-order valence-corrected chi connectivity index (χ3v) is 12.5. The van der Waals surface area contributed by atoms with E-state index in [0.29, 0.717) is 5.82 Å². The van der Waals surface area contributed by atoms with Gasteiger partial charge in [0.2, 0.25) is 0 Å². The Balaban J connectivity index is 1.04. The van der Waals surface area contributed by atoms with Crippen molar-refractivity contribution >= 4 is 86.8 Å². The van der Waals surface area contributed by atoms with Gasteiger partial charge < -0.3 is 9.13 Å². The SMILES string of the molecule is c1ccc2cc3c(cc2c1)c1c(-n2c4ccccc4c4c5ccccc5ccc42)cccc1n3-c1ccc(-c2nc(-c3cccc4ccccc34)c3ccccc3n2)cc1. The van der Waals surface area contributed by atoms with Crippen LogP contribution in [-0.2, 0) is 0 Å². The van der Waals surface area contributed by atoms with Crippen LogP contribution in [-0.4, -0.2) is 19.1 Å². The van der Waals surface area contributed by atoms with Crippen molar-refractivity contribution in [1.29, 1.82) is 0 Å². The van der Waals surface area contributed by atoms with Gasteiger partial charge in [-0.3, -0.25) is 0 Å². The molecule has 0 radical (unpaired) electrons. The minimum absolute atomic E-state index is 0.706. The molecule has 278 valence electrons. The van der Waals surface area contributed by atoms with E-state index in [0.717, 1.165) is 50.1 Å². The third kappa shape index (κ3) is 4.79. The van der Waals surface area contributed by atoms with Crippen molar-refractivity contribution in [2.24, 2.45) is 0 Å². The molecule has 0 aliphatic rings. The molecule has 3 heterocycles. The van der Waals surface area contributed by atoms with E-state index < -0.39 is 0 Å². The predicted molar refractivity (Wildman–Crippen MR) is 252 cm³/mol. The number of benzene rings is 10. The average Bonchev–Trinajstić information content (AvgIpc) is 3.83. The van der Waals surface area contributed by atoms with Crippen molar-refractivity contribution < 1.29 is 0 Å². The number of rotatable bonds is 4. The van der Waals surface area contributed by atoms with Gasteiger partial charge in [-0.25, -0.2) is 9.97 Å².